The van der Waals surface area contributed by atoms with Crippen LogP contribution in [0.5, 0.6) is 5.75 Å². The van der Waals surface area contributed by atoms with Crippen LogP contribution in [0.4, 0.5) is 0 Å². The van der Waals surface area contributed by atoms with Crippen LogP contribution in [0.15, 0.2) is 21.4 Å². The Balaban J connectivity index is 1.95. The van der Waals surface area contributed by atoms with E-state index < -0.39 is 0 Å². The van der Waals surface area contributed by atoms with Gasteiger partial charge in [0.15, 0.2) is 6.79 Å². The molecule has 1 fully saturated rings. The zero-order valence-corrected chi connectivity index (χ0v) is 17.8. The van der Waals surface area contributed by atoms with E-state index in [4.69, 9.17) is 14.5 Å². The Morgan fingerprint density at radius 2 is 1.96 bits per heavy atom. The fraction of sp³-hybridized carbons (Fsp3) is 0.524. The van der Waals surface area contributed by atoms with Crippen molar-refractivity contribution in [1.82, 2.24) is 9.97 Å². The van der Waals surface area contributed by atoms with E-state index in [9.17, 15) is 4.79 Å². The van der Waals surface area contributed by atoms with Crippen LogP contribution in [0, 0.1) is 13.8 Å². The minimum Gasteiger partial charge on any atom is -0.466 e. The van der Waals surface area contributed by atoms with Crippen LogP contribution in [0.2, 0.25) is 0 Å². The van der Waals surface area contributed by atoms with Crippen LogP contribution in [0.3, 0.4) is 0 Å². The fourth-order valence-electron chi connectivity index (χ4n) is 3.85. The first kappa shape index (κ1) is 20.1. The number of nitrogens with zero attached hydrogens (tertiary/aromatic N) is 1. The lowest BCUT2D eigenvalue weighted by Crippen LogP contribution is -2.15. The third-order valence-corrected chi connectivity index (χ3v) is 6.32. The van der Waals surface area contributed by atoms with Gasteiger partial charge in [-0.05, 0) is 65.9 Å². The number of aromatic nitrogens is 2. The SMILES string of the molecule is COCOc1ccc(Cc2c(C)[nH]c(=O)c(Br)c2C)nc1C1CCCCC1. The number of hydrogen-bond donors (Lipinski definition) is 1. The summed E-state index contributed by atoms with van der Waals surface area (Å²) >= 11 is 3.40. The van der Waals surface area contributed by atoms with E-state index in [0.717, 1.165) is 46.8 Å². The third-order valence-electron chi connectivity index (χ3n) is 5.36. The van der Waals surface area contributed by atoms with Crippen molar-refractivity contribution in [2.75, 3.05) is 13.9 Å². The lowest BCUT2D eigenvalue weighted by molar-refractivity contribution is 0.0496. The van der Waals surface area contributed by atoms with E-state index in [1.54, 1.807) is 7.11 Å². The highest BCUT2D eigenvalue weighted by Crippen LogP contribution is 2.36. The Kier molecular flexibility index (Phi) is 6.71. The smallest absolute Gasteiger partial charge is 0.262 e. The van der Waals surface area contributed by atoms with Gasteiger partial charge in [-0.15, -0.1) is 0 Å². The van der Waals surface area contributed by atoms with Crippen molar-refractivity contribution in [1.29, 1.82) is 0 Å². The molecule has 27 heavy (non-hydrogen) atoms. The van der Waals surface area contributed by atoms with E-state index >= 15 is 0 Å². The molecule has 0 unspecified atom stereocenters. The van der Waals surface area contributed by atoms with Crippen LogP contribution in [-0.2, 0) is 11.2 Å². The zero-order valence-electron chi connectivity index (χ0n) is 16.2. The first-order valence-electron chi connectivity index (χ1n) is 9.50. The molecule has 0 atom stereocenters. The molecule has 0 aromatic carbocycles. The predicted molar refractivity (Wildman–Crippen MR) is 110 cm³/mol. The molecule has 1 aliphatic rings. The molecule has 0 spiro atoms. The number of ether oxygens (including phenoxy) is 2. The molecule has 2 aromatic rings. The van der Waals surface area contributed by atoms with Crippen molar-refractivity contribution >= 4 is 15.9 Å². The number of hydrogen-bond acceptors (Lipinski definition) is 4. The standard InChI is InChI=1S/C21H27BrN2O3/c1-13-17(14(2)23-21(25)19(13)22)11-16-9-10-18(27-12-26-3)20(24-16)15-7-5-4-6-8-15/h9-10,15H,4-8,11-12H2,1-3H3,(H,23,25). The molecule has 3 rings (SSSR count). The number of halogens is 1. The minimum atomic E-state index is -0.0899. The van der Waals surface area contributed by atoms with Gasteiger partial charge in [-0.2, -0.15) is 0 Å². The lowest BCUT2D eigenvalue weighted by atomic mass is 9.86. The number of aromatic amines is 1. The number of H-pyrrole nitrogens is 1. The minimum absolute atomic E-state index is 0.0899. The van der Waals surface area contributed by atoms with Gasteiger partial charge in [0.1, 0.15) is 5.75 Å². The number of methoxy groups -OCH3 is 1. The summed E-state index contributed by atoms with van der Waals surface area (Å²) in [5.41, 5.74) is 4.91. The lowest BCUT2D eigenvalue weighted by Gasteiger charge is -2.24. The molecular weight excluding hydrogens is 408 g/mol. The highest BCUT2D eigenvalue weighted by atomic mass is 79.9. The number of pyridine rings is 2. The largest absolute Gasteiger partial charge is 0.466 e. The summed E-state index contributed by atoms with van der Waals surface area (Å²) in [7, 11) is 1.63. The second-order valence-corrected chi connectivity index (χ2v) is 8.04. The molecule has 1 saturated carbocycles. The molecule has 1 aliphatic carbocycles. The van der Waals surface area contributed by atoms with Crippen LogP contribution in [0.1, 0.15) is 66.2 Å². The molecule has 0 amide bonds. The fourth-order valence-corrected chi connectivity index (χ4v) is 4.19. The van der Waals surface area contributed by atoms with E-state index in [1.165, 1.54) is 19.3 Å². The Hall–Kier alpha value is -1.66. The highest BCUT2D eigenvalue weighted by Gasteiger charge is 2.22. The molecule has 2 heterocycles. The molecule has 0 bridgehead atoms. The van der Waals surface area contributed by atoms with Gasteiger partial charge in [0, 0.05) is 30.8 Å². The van der Waals surface area contributed by atoms with Crippen molar-refractivity contribution in [2.45, 2.75) is 58.3 Å². The molecule has 0 aliphatic heterocycles. The van der Waals surface area contributed by atoms with Gasteiger partial charge in [0.25, 0.3) is 5.56 Å². The molecule has 0 saturated heterocycles. The van der Waals surface area contributed by atoms with E-state index in [2.05, 4.69) is 20.9 Å². The predicted octanol–water partition coefficient (Wildman–Crippen LogP) is 4.77. The van der Waals surface area contributed by atoms with E-state index in [-0.39, 0.29) is 12.4 Å². The summed E-state index contributed by atoms with van der Waals surface area (Å²) in [5, 5.41) is 0. The van der Waals surface area contributed by atoms with Gasteiger partial charge in [-0.3, -0.25) is 9.78 Å². The topological polar surface area (TPSA) is 64.2 Å². The van der Waals surface area contributed by atoms with Gasteiger partial charge in [0.2, 0.25) is 0 Å². The van der Waals surface area contributed by atoms with Gasteiger partial charge in [0.05, 0.1) is 10.2 Å². The molecular formula is C21H27BrN2O3. The highest BCUT2D eigenvalue weighted by molar-refractivity contribution is 9.10. The van der Waals surface area contributed by atoms with E-state index in [0.29, 0.717) is 16.8 Å². The van der Waals surface area contributed by atoms with Crippen LogP contribution in [-0.4, -0.2) is 23.9 Å². The summed E-state index contributed by atoms with van der Waals surface area (Å²) in [5.74, 6) is 1.26. The van der Waals surface area contributed by atoms with Crippen LogP contribution < -0.4 is 10.3 Å². The maximum atomic E-state index is 11.9. The van der Waals surface area contributed by atoms with Crippen LogP contribution in [0.25, 0.3) is 0 Å². The van der Waals surface area contributed by atoms with Gasteiger partial charge in [-0.25, -0.2) is 0 Å². The maximum absolute atomic E-state index is 11.9. The second-order valence-electron chi connectivity index (χ2n) is 7.25. The normalized spacial score (nSPS) is 15.1. The molecule has 6 heteroatoms. The van der Waals surface area contributed by atoms with Crippen molar-refractivity contribution in [3.63, 3.8) is 0 Å². The quantitative estimate of drug-likeness (QED) is 0.664. The van der Waals surface area contributed by atoms with Crippen LogP contribution >= 0.6 is 15.9 Å². The Morgan fingerprint density at radius 1 is 1.22 bits per heavy atom. The van der Waals surface area contributed by atoms with Crippen molar-refractivity contribution < 1.29 is 9.47 Å². The second kappa shape index (κ2) is 9.02. The first-order chi connectivity index (χ1) is 13.0. The number of nitrogens with one attached hydrogen (secondary N) is 1. The van der Waals surface area contributed by atoms with Gasteiger partial charge < -0.3 is 14.5 Å². The summed E-state index contributed by atoms with van der Waals surface area (Å²) in [6, 6.07) is 4.02. The van der Waals surface area contributed by atoms with Gasteiger partial charge >= 0.3 is 0 Å². The molecule has 146 valence electrons. The number of rotatable bonds is 6. The average molecular weight is 435 g/mol. The maximum Gasteiger partial charge on any atom is 0.262 e. The summed E-state index contributed by atoms with van der Waals surface area (Å²) in [6.07, 6.45) is 6.77. The summed E-state index contributed by atoms with van der Waals surface area (Å²) in [6.45, 7) is 4.14. The Morgan fingerprint density at radius 3 is 2.67 bits per heavy atom. The Bertz CT molecular complexity index is 857. The number of aryl methyl sites for hydroxylation is 1. The molecule has 1 N–H and O–H groups in total. The Labute approximate surface area is 168 Å². The zero-order chi connectivity index (χ0) is 19.4. The first-order valence-corrected chi connectivity index (χ1v) is 10.3. The van der Waals surface area contributed by atoms with Crippen molar-refractivity contribution in [3.05, 3.63) is 55.2 Å². The molecule has 5 nitrogen and oxygen atoms in total. The average Bonchev–Trinajstić information content (AvgIpc) is 2.69. The monoisotopic (exact) mass is 434 g/mol. The molecule has 0 radical (unpaired) electrons. The van der Waals surface area contributed by atoms with E-state index in [1.807, 2.05) is 26.0 Å². The summed E-state index contributed by atoms with van der Waals surface area (Å²) < 4.78 is 11.5. The van der Waals surface area contributed by atoms with Crippen molar-refractivity contribution in [3.8, 4) is 5.75 Å². The molecule has 2 aromatic heterocycles. The third kappa shape index (κ3) is 4.61. The van der Waals surface area contributed by atoms with Gasteiger partial charge in [-0.1, -0.05) is 19.3 Å². The van der Waals surface area contributed by atoms with Crippen molar-refractivity contribution in [2.24, 2.45) is 0 Å². The summed E-state index contributed by atoms with van der Waals surface area (Å²) in [4.78, 5) is 19.8.